The van der Waals surface area contributed by atoms with Crippen molar-refractivity contribution in [3.8, 4) is 0 Å². The van der Waals surface area contributed by atoms with E-state index >= 15 is 0 Å². The topological polar surface area (TPSA) is 86.3 Å². The van der Waals surface area contributed by atoms with Gasteiger partial charge in [-0.3, -0.25) is 20.2 Å². The lowest BCUT2D eigenvalue weighted by atomic mass is 10.2. The highest BCUT2D eigenvalue weighted by Crippen LogP contribution is 2.46. The molecule has 7 heteroatoms. The molecule has 0 atom stereocenters. The Kier molecular flexibility index (Phi) is 6.09. The minimum atomic E-state index is -0.416. The third-order valence-electron chi connectivity index (χ3n) is 4.40. The summed E-state index contributed by atoms with van der Waals surface area (Å²) in [5, 5.41) is 21.7. The Hall–Kier alpha value is -2.85. The molecule has 0 heterocycles. The van der Waals surface area contributed by atoms with E-state index < -0.39 is 17.8 Å². The highest BCUT2D eigenvalue weighted by molar-refractivity contribution is 7.56. The Balaban J connectivity index is 1.73. The van der Waals surface area contributed by atoms with E-state index in [9.17, 15) is 20.2 Å². The summed E-state index contributed by atoms with van der Waals surface area (Å²) in [6.07, 6.45) is 11.2. The van der Waals surface area contributed by atoms with Gasteiger partial charge in [0.15, 0.2) is 0 Å². The second kappa shape index (κ2) is 8.69. The first-order chi connectivity index (χ1) is 13.0. The Morgan fingerprint density at radius 2 is 1.15 bits per heavy atom. The lowest BCUT2D eigenvalue weighted by Gasteiger charge is -2.20. The molecule has 0 bridgehead atoms. The van der Waals surface area contributed by atoms with Crippen LogP contribution >= 0.6 is 7.92 Å². The molecular formula is C20H19N2O4P. The Morgan fingerprint density at radius 1 is 0.741 bits per heavy atom. The third-order valence-corrected chi connectivity index (χ3v) is 6.97. The van der Waals surface area contributed by atoms with E-state index in [1.165, 1.54) is 0 Å². The van der Waals surface area contributed by atoms with Crippen molar-refractivity contribution in [3.05, 3.63) is 104 Å². The van der Waals surface area contributed by atoms with Gasteiger partial charge in [-0.2, -0.15) is 0 Å². The molecule has 0 spiro atoms. The van der Waals surface area contributed by atoms with E-state index in [1.807, 2.05) is 24.3 Å². The fraction of sp³-hybridized carbons (Fsp3) is 0.200. The summed E-state index contributed by atoms with van der Waals surface area (Å²) in [6.45, 7) is 0. The highest BCUT2D eigenvalue weighted by atomic mass is 31.1. The van der Waals surface area contributed by atoms with Gasteiger partial charge in [0, 0.05) is 24.3 Å². The monoisotopic (exact) mass is 382 g/mol. The predicted octanol–water partition coefficient (Wildman–Crippen LogP) is 5.43. The second-order valence-corrected chi connectivity index (χ2v) is 8.79. The van der Waals surface area contributed by atoms with Crippen LogP contribution in [0.3, 0.4) is 0 Å². The van der Waals surface area contributed by atoms with Crippen molar-refractivity contribution in [2.45, 2.75) is 12.3 Å². The van der Waals surface area contributed by atoms with Crippen LogP contribution in [-0.4, -0.2) is 16.0 Å². The van der Waals surface area contributed by atoms with Gasteiger partial charge in [-0.15, -0.1) is 0 Å². The van der Waals surface area contributed by atoms with E-state index in [0.29, 0.717) is 5.92 Å². The van der Waals surface area contributed by atoms with Gasteiger partial charge in [0.05, 0.1) is 9.85 Å². The number of hydrogen-bond donors (Lipinski definition) is 0. The molecule has 0 N–H and O–H groups in total. The molecule has 0 aliphatic heterocycles. The zero-order valence-corrected chi connectivity index (χ0v) is 15.5. The second-order valence-electron chi connectivity index (χ2n) is 6.45. The maximum absolute atomic E-state index is 10.8. The third kappa shape index (κ3) is 5.31. The van der Waals surface area contributed by atoms with Crippen molar-refractivity contribution in [3.63, 3.8) is 0 Å². The molecule has 2 aromatic rings. The molecule has 1 aliphatic rings. The summed E-state index contributed by atoms with van der Waals surface area (Å²) in [4.78, 5) is 20.9. The standard InChI is InChI=1S/C20H19N2O4P/c23-21(24)19-9-5-17(6-10-19)14-27(13-16-3-1-2-4-16)15-18-7-11-20(12-8-18)22(25)26/h1-12,16H,13-15H2. The fourth-order valence-electron chi connectivity index (χ4n) is 3.05. The Morgan fingerprint density at radius 3 is 1.52 bits per heavy atom. The van der Waals surface area contributed by atoms with Crippen LogP contribution in [0.4, 0.5) is 11.4 Å². The van der Waals surface area contributed by atoms with Crippen molar-refractivity contribution in [1.82, 2.24) is 0 Å². The number of nitro groups is 2. The van der Waals surface area contributed by atoms with Gasteiger partial charge in [0.1, 0.15) is 0 Å². The van der Waals surface area contributed by atoms with E-state index in [2.05, 4.69) is 24.3 Å². The van der Waals surface area contributed by atoms with Crippen LogP contribution in [0.2, 0.25) is 0 Å². The van der Waals surface area contributed by atoms with Crippen molar-refractivity contribution in [2.24, 2.45) is 5.92 Å². The molecule has 0 fully saturated rings. The first-order valence-electron chi connectivity index (χ1n) is 8.55. The van der Waals surface area contributed by atoms with Crippen LogP contribution in [0, 0.1) is 26.1 Å². The average molecular weight is 382 g/mol. The lowest BCUT2D eigenvalue weighted by Crippen LogP contribution is -2.01. The van der Waals surface area contributed by atoms with Crippen LogP contribution in [0.1, 0.15) is 11.1 Å². The molecule has 0 aromatic heterocycles. The number of benzene rings is 2. The van der Waals surface area contributed by atoms with Gasteiger partial charge in [0.25, 0.3) is 11.4 Å². The summed E-state index contributed by atoms with van der Waals surface area (Å²) in [5.74, 6) is 0.409. The van der Waals surface area contributed by atoms with Crippen molar-refractivity contribution < 1.29 is 9.85 Å². The zero-order valence-electron chi connectivity index (χ0n) is 14.6. The molecule has 6 nitrogen and oxygen atoms in total. The molecule has 0 saturated heterocycles. The molecule has 3 rings (SSSR count). The summed E-state index contributed by atoms with van der Waals surface area (Å²) in [6, 6.07) is 13.5. The highest BCUT2D eigenvalue weighted by Gasteiger charge is 2.16. The molecular weight excluding hydrogens is 363 g/mol. The van der Waals surface area contributed by atoms with Gasteiger partial charge in [0.2, 0.25) is 0 Å². The molecule has 27 heavy (non-hydrogen) atoms. The zero-order chi connectivity index (χ0) is 19.2. The fourth-order valence-corrected chi connectivity index (χ4v) is 5.71. The molecule has 0 amide bonds. The maximum Gasteiger partial charge on any atom is 0.269 e. The Labute approximate surface area is 158 Å². The number of rotatable bonds is 8. The van der Waals surface area contributed by atoms with Gasteiger partial charge in [-0.05, 0) is 35.5 Å². The summed E-state index contributed by atoms with van der Waals surface area (Å²) in [5.41, 5.74) is 2.36. The lowest BCUT2D eigenvalue weighted by molar-refractivity contribution is -0.385. The van der Waals surface area contributed by atoms with Crippen molar-refractivity contribution in [2.75, 3.05) is 6.16 Å². The van der Waals surface area contributed by atoms with Crippen molar-refractivity contribution in [1.29, 1.82) is 0 Å². The summed E-state index contributed by atoms with van der Waals surface area (Å²) in [7, 11) is -0.416. The predicted molar refractivity (Wildman–Crippen MR) is 107 cm³/mol. The first-order valence-corrected chi connectivity index (χ1v) is 10.4. The minimum Gasteiger partial charge on any atom is -0.258 e. The van der Waals surface area contributed by atoms with Crippen molar-refractivity contribution >= 4 is 19.3 Å². The number of allylic oxidation sites excluding steroid dienone is 4. The van der Waals surface area contributed by atoms with Crippen LogP contribution in [0.5, 0.6) is 0 Å². The SMILES string of the molecule is O=[N+]([O-])c1ccc(CP(Cc2ccc([N+](=O)[O-])cc2)CC2C=CC=C2)cc1. The largest absolute Gasteiger partial charge is 0.269 e. The number of hydrogen-bond acceptors (Lipinski definition) is 4. The Bertz CT molecular complexity index is 804. The molecule has 138 valence electrons. The smallest absolute Gasteiger partial charge is 0.258 e. The van der Waals surface area contributed by atoms with Gasteiger partial charge >= 0.3 is 0 Å². The van der Waals surface area contributed by atoms with E-state index in [1.54, 1.807) is 24.3 Å². The van der Waals surface area contributed by atoms with E-state index in [-0.39, 0.29) is 11.4 Å². The van der Waals surface area contributed by atoms with E-state index in [0.717, 1.165) is 29.6 Å². The van der Waals surface area contributed by atoms with Crippen LogP contribution in [-0.2, 0) is 12.3 Å². The number of non-ortho nitro benzene ring substituents is 2. The first kappa shape index (κ1) is 18.9. The van der Waals surface area contributed by atoms with E-state index in [4.69, 9.17) is 0 Å². The summed E-state index contributed by atoms with van der Waals surface area (Å²) >= 11 is 0. The number of nitro benzene ring substituents is 2. The molecule has 0 unspecified atom stereocenters. The van der Waals surface area contributed by atoms with Gasteiger partial charge in [-0.25, -0.2) is 0 Å². The molecule has 0 saturated carbocycles. The van der Waals surface area contributed by atoms with Crippen LogP contribution in [0.15, 0.2) is 72.8 Å². The molecule has 0 radical (unpaired) electrons. The maximum atomic E-state index is 10.8. The average Bonchev–Trinajstić information content (AvgIpc) is 3.15. The molecule has 1 aliphatic carbocycles. The van der Waals surface area contributed by atoms with Crippen LogP contribution < -0.4 is 0 Å². The van der Waals surface area contributed by atoms with Gasteiger partial charge in [-0.1, -0.05) is 56.5 Å². The normalized spacial score (nSPS) is 13.4. The minimum absolute atomic E-state index is 0.0973. The van der Waals surface area contributed by atoms with Gasteiger partial charge < -0.3 is 0 Å². The molecule has 2 aromatic carbocycles. The number of nitrogens with zero attached hydrogens (tertiary/aromatic N) is 2. The quantitative estimate of drug-likeness (QED) is 0.346. The van der Waals surface area contributed by atoms with Crippen LogP contribution in [0.25, 0.3) is 0 Å². The summed E-state index contributed by atoms with van der Waals surface area (Å²) < 4.78 is 0.